The van der Waals surface area contributed by atoms with E-state index in [1.807, 2.05) is 41.9 Å². The molecule has 1 saturated heterocycles. The lowest BCUT2D eigenvalue weighted by atomic mass is 10.1. The van der Waals surface area contributed by atoms with Gasteiger partial charge in [-0.25, -0.2) is 8.42 Å². The molecule has 9 heteroatoms. The molecule has 4 rings (SSSR count). The SMILES string of the molecule is Cn1c(SCC(=O)c2ccc(S(=O)(=O)N3CCCCC3)cc2)nnc1-c1ccccc1. The maximum Gasteiger partial charge on any atom is 0.243 e. The van der Waals surface area contributed by atoms with Crippen LogP contribution in [0.5, 0.6) is 0 Å². The highest BCUT2D eigenvalue weighted by atomic mass is 32.2. The van der Waals surface area contributed by atoms with Crippen molar-refractivity contribution in [3.05, 3.63) is 60.2 Å². The van der Waals surface area contributed by atoms with Crippen molar-refractivity contribution in [2.24, 2.45) is 7.05 Å². The van der Waals surface area contributed by atoms with Gasteiger partial charge in [-0.1, -0.05) is 60.6 Å². The van der Waals surface area contributed by atoms with E-state index in [9.17, 15) is 13.2 Å². The summed E-state index contributed by atoms with van der Waals surface area (Å²) in [5.74, 6) is 0.845. The second kappa shape index (κ2) is 9.33. The van der Waals surface area contributed by atoms with Crippen molar-refractivity contribution in [3.63, 3.8) is 0 Å². The van der Waals surface area contributed by atoms with E-state index in [1.54, 1.807) is 12.1 Å². The molecule has 0 bridgehead atoms. The quantitative estimate of drug-likeness (QED) is 0.399. The predicted octanol–water partition coefficient (Wildman–Crippen LogP) is 3.63. The fraction of sp³-hybridized carbons (Fsp3) is 0.318. The van der Waals surface area contributed by atoms with Gasteiger partial charge in [-0.3, -0.25) is 4.79 Å². The van der Waals surface area contributed by atoms with Crippen LogP contribution >= 0.6 is 11.8 Å². The number of nitrogens with zero attached hydrogens (tertiary/aromatic N) is 4. The largest absolute Gasteiger partial charge is 0.305 e. The summed E-state index contributed by atoms with van der Waals surface area (Å²) in [6.07, 6.45) is 2.84. The molecule has 1 aliphatic heterocycles. The Morgan fingerprint density at radius 1 is 0.968 bits per heavy atom. The van der Waals surface area contributed by atoms with E-state index in [0.29, 0.717) is 23.8 Å². The van der Waals surface area contributed by atoms with Crippen LogP contribution in [-0.2, 0) is 17.1 Å². The van der Waals surface area contributed by atoms with Crippen LogP contribution in [0.15, 0.2) is 64.6 Å². The van der Waals surface area contributed by atoms with Gasteiger partial charge in [0.05, 0.1) is 10.6 Å². The summed E-state index contributed by atoms with van der Waals surface area (Å²) < 4.78 is 28.9. The highest BCUT2D eigenvalue weighted by molar-refractivity contribution is 7.99. The maximum atomic E-state index is 12.8. The summed E-state index contributed by atoms with van der Waals surface area (Å²) in [5.41, 5.74) is 1.44. The summed E-state index contributed by atoms with van der Waals surface area (Å²) in [5, 5.41) is 9.07. The van der Waals surface area contributed by atoms with E-state index in [-0.39, 0.29) is 16.4 Å². The Labute approximate surface area is 186 Å². The van der Waals surface area contributed by atoms with E-state index in [1.165, 1.54) is 28.2 Å². The van der Waals surface area contributed by atoms with Crippen molar-refractivity contribution in [2.45, 2.75) is 29.3 Å². The number of rotatable bonds is 7. The molecule has 0 spiro atoms. The van der Waals surface area contributed by atoms with Gasteiger partial charge in [0.25, 0.3) is 0 Å². The van der Waals surface area contributed by atoms with E-state index < -0.39 is 10.0 Å². The van der Waals surface area contributed by atoms with Crippen molar-refractivity contribution in [1.29, 1.82) is 0 Å². The molecule has 1 aromatic heterocycles. The normalized spacial score (nSPS) is 15.1. The molecule has 0 N–H and O–H groups in total. The second-order valence-corrected chi connectivity index (χ2v) is 10.3. The molecule has 1 fully saturated rings. The van der Waals surface area contributed by atoms with E-state index in [0.717, 1.165) is 30.7 Å². The lowest BCUT2D eigenvalue weighted by Gasteiger charge is -2.25. The minimum Gasteiger partial charge on any atom is -0.305 e. The molecule has 2 heterocycles. The minimum atomic E-state index is -3.49. The third-order valence-corrected chi connectivity index (χ3v) is 8.26. The van der Waals surface area contributed by atoms with E-state index in [2.05, 4.69) is 10.2 Å². The number of thioether (sulfide) groups is 1. The lowest BCUT2D eigenvalue weighted by Crippen LogP contribution is -2.35. The summed E-state index contributed by atoms with van der Waals surface area (Å²) in [4.78, 5) is 12.9. The first-order valence-corrected chi connectivity index (χ1v) is 12.6. The molecule has 0 radical (unpaired) electrons. The standard InChI is InChI=1S/C22H24N4O3S2/c1-25-21(18-8-4-2-5-9-18)23-24-22(25)30-16-20(27)17-10-12-19(13-11-17)31(28,29)26-14-6-3-7-15-26/h2,4-5,8-13H,3,6-7,14-16H2,1H3. The predicted molar refractivity (Wildman–Crippen MR) is 121 cm³/mol. The van der Waals surface area contributed by atoms with E-state index >= 15 is 0 Å². The number of Topliss-reactive ketones (excluding diaryl/α,β-unsaturated/α-hetero) is 1. The van der Waals surface area contributed by atoms with Crippen LogP contribution in [-0.4, -0.2) is 52.1 Å². The van der Waals surface area contributed by atoms with Gasteiger partial charge in [0, 0.05) is 31.3 Å². The van der Waals surface area contributed by atoms with Gasteiger partial charge in [-0.2, -0.15) is 4.31 Å². The number of hydrogen-bond donors (Lipinski definition) is 0. The van der Waals surface area contributed by atoms with Gasteiger partial charge in [0.15, 0.2) is 16.8 Å². The number of piperidine rings is 1. The monoisotopic (exact) mass is 456 g/mol. The van der Waals surface area contributed by atoms with Crippen LogP contribution in [0.4, 0.5) is 0 Å². The van der Waals surface area contributed by atoms with Crippen LogP contribution in [0.2, 0.25) is 0 Å². The highest BCUT2D eigenvalue weighted by Gasteiger charge is 2.26. The first kappa shape index (κ1) is 21.7. The first-order chi connectivity index (χ1) is 15.0. The smallest absolute Gasteiger partial charge is 0.243 e. The Bertz CT molecular complexity index is 1150. The molecule has 0 unspecified atom stereocenters. The summed E-state index contributed by atoms with van der Waals surface area (Å²) >= 11 is 1.31. The number of aromatic nitrogens is 3. The molecule has 0 aliphatic carbocycles. The van der Waals surface area contributed by atoms with Gasteiger partial charge >= 0.3 is 0 Å². The molecule has 162 valence electrons. The van der Waals surface area contributed by atoms with Crippen molar-refractivity contribution in [2.75, 3.05) is 18.8 Å². The Morgan fingerprint density at radius 3 is 2.32 bits per heavy atom. The highest BCUT2D eigenvalue weighted by Crippen LogP contribution is 2.24. The Hall–Kier alpha value is -2.49. The fourth-order valence-corrected chi connectivity index (χ4v) is 5.88. The van der Waals surface area contributed by atoms with Crippen LogP contribution in [0.1, 0.15) is 29.6 Å². The van der Waals surface area contributed by atoms with Crippen molar-refractivity contribution in [3.8, 4) is 11.4 Å². The Balaban J connectivity index is 1.41. The van der Waals surface area contributed by atoms with Gasteiger partial charge in [0.1, 0.15) is 0 Å². The molecular formula is C22H24N4O3S2. The van der Waals surface area contributed by atoms with E-state index in [4.69, 9.17) is 0 Å². The maximum absolute atomic E-state index is 12.8. The van der Waals surface area contributed by atoms with Gasteiger partial charge in [0.2, 0.25) is 10.0 Å². The van der Waals surface area contributed by atoms with Gasteiger partial charge in [-0.05, 0) is 25.0 Å². The van der Waals surface area contributed by atoms with Crippen molar-refractivity contribution in [1.82, 2.24) is 19.1 Å². The minimum absolute atomic E-state index is 0.0869. The Kier molecular flexibility index (Phi) is 6.54. The van der Waals surface area contributed by atoms with Crippen LogP contribution in [0.3, 0.4) is 0 Å². The van der Waals surface area contributed by atoms with Crippen LogP contribution in [0.25, 0.3) is 11.4 Å². The zero-order chi connectivity index (χ0) is 21.8. The second-order valence-electron chi connectivity index (χ2n) is 7.43. The zero-order valence-corrected chi connectivity index (χ0v) is 18.9. The zero-order valence-electron chi connectivity index (χ0n) is 17.3. The van der Waals surface area contributed by atoms with Gasteiger partial charge < -0.3 is 4.57 Å². The molecule has 1 aliphatic rings. The summed E-state index contributed by atoms with van der Waals surface area (Å²) in [7, 11) is -1.62. The summed E-state index contributed by atoms with van der Waals surface area (Å²) in [6, 6.07) is 16.0. The lowest BCUT2D eigenvalue weighted by molar-refractivity contribution is 0.102. The number of carbonyl (C=O) groups is 1. The molecule has 2 aromatic carbocycles. The summed E-state index contributed by atoms with van der Waals surface area (Å²) in [6.45, 7) is 1.12. The molecular weight excluding hydrogens is 432 g/mol. The fourth-order valence-electron chi connectivity index (χ4n) is 3.56. The van der Waals surface area contributed by atoms with Gasteiger partial charge in [-0.15, -0.1) is 10.2 Å². The van der Waals surface area contributed by atoms with Crippen molar-refractivity contribution < 1.29 is 13.2 Å². The first-order valence-electron chi connectivity index (χ1n) is 10.2. The number of ketones is 1. The molecule has 0 amide bonds. The number of benzene rings is 2. The third kappa shape index (κ3) is 4.73. The Morgan fingerprint density at radius 2 is 1.65 bits per heavy atom. The van der Waals surface area contributed by atoms with Crippen molar-refractivity contribution >= 4 is 27.6 Å². The number of hydrogen-bond acceptors (Lipinski definition) is 6. The number of sulfonamides is 1. The molecule has 0 atom stereocenters. The average Bonchev–Trinajstić information content (AvgIpc) is 3.19. The average molecular weight is 457 g/mol. The van der Waals surface area contributed by atoms with Crippen LogP contribution < -0.4 is 0 Å². The third-order valence-electron chi connectivity index (χ3n) is 5.33. The molecule has 0 saturated carbocycles. The molecule has 3 aromatic rings. The molecule has 7 nitrogen and oxygen atoms in total. The van der Waals surface area contributed by atoms with Crippen LogP contribution in [0, 0.1) is 0 Å². The molecule has 31 heavy (non-hydrogen) atoms. The topological polar surface area (TPSA) is 85.2 Å². The number of carbonyl (C=O) groups excluding carboxylic acids is 1.